The fourth-order valence-electron chi connectivity index (χ4n) is 4.60. The lowest BCUT2D eigenvalue weighted by molar-refractivity contribution is 0.184. The smallest absolute Gasteiger partial charge is 0.0951 e. The van der Waals surface area contributed by atoms with Crippen LogP contribution in [0.3, 0.4) is 0 Å². The number of hydrogen-bond acceptors (Lipinski definition) is 1. The van der Waals surface area contributed by atoms with Crippen molar-refractivity contribution in [2.45, 2.75) is 142 Å². The van der Waals surface area contributed by atoms with Crippen molar-refractivity contribution < 1.29 is 0 Å². The van der Waals surface area contributed by atoms with Gasteiger partial charge in [0.15, 0.2) is 0 Å². The molecule has 1 aromatic rings. The van der Waals surface area contributed by atoms with Crippen LogP contribution in [0, 0.1) is 5.92 Å². The summed E-state index contributed by atoms with van der Waals surface area (Å²) in [4.78, 5) is 4.27. The van der Waals surface area contributed by atoms with Crippen molar-refractivity contribution in [1.82, 2.24) is 9.55 Å². The van der Waals surface area contributed by atoms with Crippen molar-refractivity contribution in [2.75, 3.05) is 0 Å². The van der Waals surface area contributed by atoms with Crippen molar-refractivity contribution >= 4 is 0 Å². The van der Waals surface area contributed by atoms with Crippen LogP contribution in [0.25, 0.3) is 0 Å². The van der Waals surface area contributed by atoms with Gasteiger partial charge < -0.3 is 4.57 Å². The van der Waals surface area contributed by atoms with E-state index in [1.165, 1.54) is 109 Å². The average molecular weight is 391 g/mol. The lowest BCUT2D eigenvalue weighted by Crippen LogP contribution is -2.34. The van der Waals surface area contributed by atoms with Gasteiger partial charge in [0, 0.05) is 17.9 Å². The molecule has 2 heteroatoms. The third kappa shape index (κ3) is 10.7. The molecule has 1 aromatic heterocycles. The predicted molar refractivity (Wildman–Crippen MR) is 125 cm³/mol. The molecule has 0 saturated heterocycles. The molecule has 0 aliphatic rings. The molecule has 0 radical (unpaired) electrons. The zero-order valence-corrected chi connectivity index (χ0v) is 19.7. The normalized spacial score (nSPS) is 13.1. The fraction of sp³-hybridized carbons (Fsp3) is 0.885. The molecule has 0 N–H and O–H groups in total. The zero-order chi connectivity index (χ0) is 20.5. The molecule has 1 rings (SSSR count). The molecule has 0 amide bonds. The summed E-state index contributed by atoms with van der Waals surface area (Å²) in [6.07, 6.45) is 30.2. The molecule has 0 spiro atoms. The maximum atomic E-state index is 4.27. The van der Waals surface area contributed by atoms with E-state index in [0.29, 0.717) is 0 Å². The molecule has 0 bridgehead atoms. The molecule has 0 aromatic carbocycles. The molecule has 164 valence electrons. The van der Waals surface area contributed by atoms with Crippen molar-refractivity contribution in [3.05, 3.63) is 18.7 Å². The van der Waals surface area contributed by atoms with Gasteiger partial charge in [0.1, 0.15) is 0 Å². The van der Waals surface area contributed by atoms with E-state index in [0.717, 1.165) is 5.92 Å². The number of aromatic nitrogens is 2. The Morgan fingerprint density at radius 3 is 1.61 bits per heavy atom. The van der Waals surface area contributed by atoms with Crippen LogP contribution in [0.4, 0.5) is 0 Å². The molecule has 0 aliphatic carbocycles. The maximum Gasteiger partial charge on any atom is 0.0951 e. The lowest BCUT2D eigenvalue weighted by atomic mass is 9.80. The van der Waals surface area contributed by atoms with E-state index < -0.39 is 0 Å². The van der Waals surface area contributed by atoms with Gasteiger partial charge in [-0.1, -0.05) is 110 Å². The highest BCUT2D eigenvalue weighted by molar-refractivity contribution is 4.90. The van der Waals surface area contributed by atoms with E-state index in [4.69, 9.17) is 0 Å². The van der Waals surface area contributed by atoms with Crippen LogP contribution in [-0.2, 0) is 5.54 Å². The van der Waals surface area contributed by atoms with E-state index in [-0.39, 0.29) is 5.54 Å². The summed E-state index contributed by atoms with van der Waals surface area (Å²) in [5, 5.41) is 0. The van der Waals surface area contributed by atoms with Crippen molar-refractivity contribution in [3.8, 4) is 0 Å². The van der Waals surface area contributed by atoms with Gasteiger partial charge in [-0.2, -0.15) is 0 Å². The molecule has 0 saturated carbocycles. The molecular weight excluding hydrogens is 340 g/mol. The van der Waals surface area contributed by atoms with Crippen LogP contribution < -0.4 is 0 Å². The summed E-state index contributed by atoms with van der Waals surface area (Å²) in [5.74, 6) is 0.754. The van der Waals surface area contributed by atoms with Crippen LogP contribution in [0.15, 0.2) is 18.7 Å². The Bertz CT molecular complexity index is 435. The zero-order valence-electron chi connectivity index (χ0n) is 19.7. The Labute approximate surface area is 176 Å². The highest BCUT2D eigenvalue weighted by atomic mass is 15.1. The first-order valence-corrected chi connectivity index (χ1v) is 12.6. The van der Waals surface area contributed by atoms with Gasteiger partial charge in [0.2, 0.25) is 0 Å². The van der Waals surface area contributed by atoms with Gasteiger partial charge in [-0.25, -0.2) is 4.98 Å². The van der Waals surface area contributed by atoms with Crippen molar-refractivity contribution in [1.29, 1.82) is 0 Å². The van der Waals surface area contributed by atoms with Crippen LogP contribution in [0.5, 0.6) is 0 Å². The molecule has 0 aliphatic heterocycles. The van der Waals surface area contributed by atoms with Crippen molar-refractivity contribution in [3.63, 3.8) is 0 Å². The van der Waals surface area contributed by atoms with Gasteiger partial charge in [-0.3, -0.25) is 0 Å². The first-order valence-electron chi connectivity index (χ1n) is 12.6. The minimum absolute atomic E-state index is 0.184. The van der Waals surface area contributed by atoms with Gasteiger partial charge in [0.05, 0.1) is 6.33 Å². The number of nitrogens with zero attached hydrogens (tertiary/aromatic N) is 2. The standard InChI is InChI=1S/C26H50N2/c1-5-7-8-9-10-11-12-13-14-15-16-17-18-19-21-25(20-6-2)26(3,4)28-23-22-27-24-28/h22-25H,5-21H2,1-4H3/t25-/m0/s1. The second-order valence-corrected chi connectivity index (χ2v) is 9.49. The predicted octanol–water partition coefficient (Wildman–Crippen LogP) is 8.91. The summed E-state index contributed by atoms with van der Waals surface area (Å²) >= 11 is 0. The van der Waals surface area contributed by atoms with Crippen LogP contribution >= 0.6 is 0 Å². The van der Waals surface area contributed by atoms with Crippen molar-refractivity contribution in [2.24, 2.45) is 5.92 Å². The Morgan fingerprint density at radius 1 is 0.679 bits per heavy atom. The largest absolute Gasteiger partial charge is 0.332 e. The Hall–Kier alpha value is -0.790. The van der Waals surface area contributed by atoms with E-state index >= 15 is 0 Å². The summed E-state index contributed by atoms with van der Waals surface area (Å²) in [6.45, 7) is 9.39. The van der Waals surface area contributed by atoms with Gasteiger partial charge >= 0.3 is 0 Å². The second kappa shape index (κ2) is 16.1. The molecule has 1 atom stereocenters. The molecule has 0 unspecified atom stereocenters. The quantitative estimate of drug-likeness (QED) is 0.216. The second-order valence-electron chi connectivity index (χ2n) is 9.49. The fourth-order valence-corrected chi connectivity index (χ4v) is 4.60. The van der Waals surface area contributed by atoms with E-state index in [2.05, 4.69) is 43.4 Å². The minimum atomic E-state index is 0.184. The summed E-state index contributed by atoms with van der Waals surface area (Å²) < 4.78 is 2.32. The molecule has 28 heavy (non-hydrogen) atoms. The molecule has 2 nitrogen and oxygen atoms in total. The van der Waals surface area contributed by atoms with Gasteiger partial charge in [-0.05, 0) is 32.6 Å². The van der Waals surface area contributed by atoms with Gasteiger partial charge in [0.25, 0.3) is 0 Å². The number of unbranched alkanes of at least 4 members (excludes halogenated alkanes) is 13. The maximum absolute atomic E-state index is 4.27. The number of rotatable bonds is 19. The van der Waals surface area contributed by atoms with E-state index in [1.54, 1.807) is 0 Å². The third-order valence-electron chi connectivity index (χ3n) is 6.71. The van der Waals surface area contributed by atoms with Crippen LogP contribution in [-0.4, -0.2) is 9.55 Å². The highest BCUT2D eigenvalue weighted by Crippen LogP contribution is 2.33. The first-order chi connectivity index (χ1) is 13.6. The molecule has 1 heterocycles. The Balaban J connectivity index is 2.02. The SMILES string of the molecule is CCCCCCCCCCCCCCCC[C@H](CCC)C(C)(C)n1ccnc1. The summed E-state index contributed by atoms with van der Waals surface area (Å²) in [7, 11) is 0. The third-order valence-corrected chi connectivity index (χ3v) is 6.71. The summed E-state index contributed by atoms with van der Waals surface area (Å²) in [6, 6.07) is 0. The minimum Gasteiger partial charge on any atom is -0.332 e. The topological polar surface area (TPSA) is 17.8 Å². The van der Waals surface area contributed by atoms with Crippen LogP contribution in [0.1, 0.15) is 137 Å². The average Bonchev–Trinajstić information content (AvgIpc) is 3.23. The molecule has 0 fully saturated rings. The number of imidazole rings is 1. The van der Waals surface area contributed by atoms with E-state index in [1.807, 2.05) is 12.5 Å². The summed E-state index contributed by atoms with van der Waals surface area (Å²) in [5.41, 5.74) is 0.184. The van der Waals surface area contributed by atoms with Crippen LogP contribution in [0.2, 0.25) is 0 Å². The van der Waals surface area contributed by atoms with Gasteiger partial charge in [-0.15, -0.1) is 0 Å². The monoisotopic (exact) mass is 390 g/mol. The molecular formula is C26H50N2. The highest BCUT2D eigenvalue weighted by Gasteiger charge is 2.29. The van der Waals surface area contributed by atoms with E-state index in [9.17, 15) is 0 Å². The first kappa shape index (κ1) is 25.2. The Morgan fingerprint density at radius 2 is 1.18 bits per heavy atom. The Kier molecular flexibility index (Phi) is 14.5. The number of hydrogen-bond donors (Lipinski definition) is 0. The lowest BCUT2D eigenvalue weighted by Gasteiger charge is -2.36.